The summed E-state index contributed by atoms with van der Waals surface area (Å²) in [6, 6.07) is 2.86. The molecule has 0 saturated heterocycles. The molecule has 0 spiro atoms. The van der Waals surface area contributed by atoms with E-state index < -0.39 is 0 Å². The van der Waals surface area contributed by atoms with Gasteiger partial charge in [-0.3, -0.25) is 9.30 Å². The standard InChI is InChI=1S/C13H16N4S/c14-5-6-16(12-3-1-2-4-12)9-11-10-17-7-8-18-13(17)15-11/h7-8,10,12H,1-4,6,9H2. The first-order valence-electron chi connectivity index (χ1n) is 6.39. The van der Waals surface area contributed by atoms with Gasteiger partial charge in [-0.2, -0.15) is 5.26 Å². The Labute approximate surface area is 110 Å². The fraction of sp³-hybridized carbons (Fsp3) is 0.538. The maximum absolute atomic E-state index is 8.96. The average Bonchev–Trinajstić information content (AvgIpc) is 3.04. The summed E-state index contributed by atoms with van der Waals surface area (Å²) < 4.78 is 2.05. The molecule has 1 aliphatic rings. The van der Waals surface area contributed by atoms with Crippen LogP contribution in [-0.2, 0) is 6.54 Å². The van der Waals surface area contributed by atoms with E-state index in [4.69, 9.17) is 5.26 Å². The fourth-order valence-corrected chi connectivity index (χ4v) is 3.45. The van der Waals surface area contributed by atoms with E-state index in [1.165, 1.54) is 25.7 Å². The van der Waals surface area contributed by atoms with Crippen LogP contribution >= 0.6 is 11.3 Å². The highest BCUT2D eigenvalue weighted by Crippen LogP contribution is 2.24. The number of hydrogen-bond donors (Lipinski definition) is 0. The topological polar surface area (TPSA) is 44.3 Å². The molecule has 0 bridgehead atoms. The molecule has 1 saturated carbocycles. The number of aromatic nitrogens is 2. The molecule has 2 aromatic rings. The first-order chi connectivity index (χ1) is 8.86. The van der Waals surface area contributed by atoms with Crippen molar-refractivity contribution >= 4 is 16.3 Å². The van der Waals surface area contributed by atoms with Crippen LogP contribution in [0.15, 0.2) is 17.8 Å². The predicted octanol–water partition coefficient (Wildman–Crippen LogP) is 2.66. The first-order valence-corrected chi connectivity index (χ1v) is 7.27. The fourth-order valence-electron chi connectivity index (χ4n) is 2.73. The second kappa shape index (κ2) is 5.09. The smallest absolute Gasteiger partial charge is 0.193 e. The molecule has 1 aliphatic carbocycles. The van der Waals surface area contributed by atoms with E-state index in [-0.39, 0.29) is 0 Å². The molecule has 0 N–H and O–H groups in total. The molecule has 0 radical (unpaired) electrons. The zero-order chi connectivity index (χ0) is 12.4. The van der Waals surface area contributed by atoms with Crippen molar-refractivity contribution in [2.24, 2.45) is 0 Å². The van der Waals surface area contributed by atoms with Gasteiger partial charge < -0.3 is 0 Å². The van der Waals surface area contributed by atoms with Gasteiger partial charge in [0, 0.05) is 30.4 Å². The normalized spacial score (nSPS) is 16.7. The van der Waals surface area contributed by atoms with Crippen LogP contribution < -0.4 is 0 Å². The van der Waals surface area contributed by atoms with Crippen molar-refractivity contribution in [1.82, 2.24) is 14.3 Å². The van der Waals surface area contributed by atoms with Crippen molar-refractivity contribution in [1.29, 1.82) is 5.26 Å². The monoisotopic (exact) mass is 260 g/mol. The van der Waals surface area contributed by atoms with Gasteiger partial charge in [0.15, 0.2) is 4.96 Å². The molecule has 0 aliphatic heterocycles. The maximum atomic E-state index is 8.96. The van der Waals surface area contributed by atoms with Gasteiger partial charge in [-0.25, -0.2) is 4.98 Å². The molecule has 2 aromatic heterocycles. The zero-order valence-corrected chi connectivity index (χ0v) is 11.1. The van der Waals surface area contributed by atoms with E-state index in [1.807, 2.05) is 11.6 Å². The first kappa shape index (κ1) is 11.7. The van der Waals surface area contributed by atoms with Crippen molar-refractivity contribution in [3.8, 4) is 6.07 Å². The SMILES string of the molecule is N#CCN(Cc1cn2ccsc2n1)C1CCCC1. The van der Waals surface area contributed by atoms with Crippen molar-refractivity contribution < 1.29 is 0 Å². The summed E-state index contributed by atoms with van der Waals surface area (Å²) in [4.78, 5) is 7.91. The number of fused-ring (bicyclic) bond motifs is 1. The van der Waals surface area contributed by atoms with Crippen LogP contribution in [0.25, 0.3) is 4.96 Å². The van der Waals surface area contributed by atoms with Crippen LogP contribution in [0.3, 0.4) is 0 Å². The number of imidazole rings is 1. The van der Waals surface area contributed by atoms with Gasteiger partial charge in [-0.1, -0.05) is 12.8 Å². The number of nitriles is 1. The van der Waals surface area contributed by atoms with Gasteiger partial charge in [-0.05, 0) is 12.8 Å². The van der Waals surface area contributed by atoms with E-state index in [0.717, 1.165) is 17.2 Å². The third-order valence-electron chi connectivity index (χ3n) is 3.62. The van der Waals surface area contributed by atoms with E-state index in [9.17, 15) is 0 Å². The predicted molar refractivity (Wildman–Crippen MR) is 71.3 cm³/mol. The van der Waals surface area contributed by atoms with Crippen molar-refractivity contribution in [3.63, 3.8) is 0 Å². The van der Waals surface area contributed by atoms with Gasteiger partial charge in [0.2, 0.25) is 0 Å². The number of hydrogen-bond acceptors (Lipinski definition) is 4. The van der Waals surface area contributed by atoms with Crippen LogP contribution in [0.4, 0.5) is 0 Å². The van der Waals surface area contributed by atoms with Crippen molar-refractivity contribution in [2.45, 2.75) is 38.3 Å². The lowest BCUT2D eigenvalue weighted by atomic mass is 10.2. The van der Waals surface area contributed by atoms with Crippen molar-refractivity contribution in [3.05, 3.63) is 23.5 Å². The Morgan fingerprint density at radius 1 is 1.50 bits per heavy atom. The van der Waals surface area contributed by atoms with Gasteiger partial charge in [0.1, 0.15) is 0 Å². The highest BCUT2D eigenvalue weighted by Gasteiger charge is 2.23. The molecule has 18 heavy (non-hydrogen) atoms. The molecule has 3 rings (SSSR count). The highest BCUT2D eigenvalue weighted by molar-refractivity contribution is 7.15. The van der Waals surface area contributed by atoms with Crippen LogP contribution in [0, 0.1) is 11.3 Å². The summed E-state index contributed by atoms with van der Waals surface area (Å²) in [6.45, 7) is 1.31. The summed E-state index contributed by atoms with van der Waals surface area (Å²) in [5, 5.41) is 11.0. The summed E-state index contributed by atoms with van der Waals surface area (Å²) in [7, 11) is 0. The van der Waals surface area contributed by atoms with E-state index in [2.05, 4.69) is 26.6 Å². The van der Waals surface area contributed by atoms with E-state index in [0.29, 0.717) is 12.6 Å². The lowest BCUT2D eigenvalue weighted by Crippen LogP contribution is -2.33. The molecule has 1 fully saturated rings. The lowest BCUT2D eigenvalue weighted by Gasteiger charge is -2.25. The zero-order valence-electron chi connectivity index (χ0n) is 10.2. The third-order valence-corrected chi connectivity index (χ3v) is 4.39. The van der Waals surface area contributed by atoms with Gasteiger partial charge >= 0.3 is 0 Å². The van der Waals surface area contributed by atoms with Crippen LogP contribution in [0.5, 0.6) is 0 Å². The molecular formula is C13H16N4S. The lowest BCUT2D eigenvalue weighted by molar-refractivity contribution is 0.212. The number of rotatable bonds is 4. The van der Waals surface area contributed by atoms with Gasteiger partial charge in [-0.15, -0.1) is 11.3 Å². The number of thiazole rings is 1. The molecule has 2 heterocycles. The molecule has 0 amide bonds. The van der Waals surface area contributed by atoms with Crippen LogP contribution in [-0.4, -0.2) is 26.9 Å². The average molecular weight is 260 g/mol. The Hall–Kier alpha value is -1.38. The molecule has 5 heteroatoms. The number of nitrogens with zero attached hydrogens (tertiary/aromatic N) is 4. The second-order valence-electron chi connectivity index (χ2n) is 4.83. The van der Waals surface area contributed by atoms with Gasteiger partial charge in [0.05, 0.1) is 18.3 Å². The minimum absolute atomic E-state index is 0.510. The maximum Gasteiger partial charge on any atom is 0.193 e. The van der Waals surface area contributed by atoms with Crippen LogP contribution in [0.2, 0.25) is 0 Å². The molecular weight excluding hydrogens is 244 g/mol. The Kier molecular flexibility index (Phi) is 3.31. The largest absolute Gasteiger partial charge is 0.297 e. The van der Waals surface area contributed by atoms with Crippen LogP contribution in [0.1, 0.15) is 31.4 Å². The molecule has 94 valence electrons. The molecule has 0 atom stereocenters. The van der Waals surface area contributed by atoms with Gasteiger partial charge in [0.25, 0.3) is 0 Å². The van der Waals surface area contributed by atoms with Crippen molar-refractivity contribution in [2.75, 3.05) is 6.54 Å². The van der Waals surface area contributed by atoms with E-state index in [1.54, 1.807) is 11.3 Å². The van der Waals surface area contributed by atoms with E-state index >= 15 is 0 Å². The summed E-state index contributed by atoms with van der Waals surface area (Å²) in [5.74, 6) is 0. The third kappa shape index (κ3) is 2.26. The summed E-state index contributed by atoms with van der Waals surface area (Å²) in [6.07, 6.45) is 9.15. The molecule has 0 unspecified atom stereocenters. The summed E-state index contributed by atoms with van der Waals surface area (Å²) in [5.41, 5.74) is 1.07. The Morgan fingerprint density at radius 2 is 2.33 bits per heavy atom. The Morgan fingerprint density at radius 3 is 3.06 bits per heavy atom. The molecule has 0 aromatic carbocycles. The second-order valence-corrected chi connectivity index (χ2v) is 5.70. The Balaban J connectivity index is 1.75. The summed E-state index contributed by atoms with van der Waals surface area (Å²) >= 11 is 1.65. The minimum atomic E-state index is 0.510. The Bertz CT molecular complexity index is 530. The minimum Gasteiger partial charge on any atom is -0.297 e. The molecule has 4 nitrogen and oxygen atoms in total. The highest BCUT2D eigenvalue weighted by atomic mass is 32.1. The quantitative estimate of drug-likeness (QED) is 0.794.